The largest absolute Gasteiger partial charge is 0.366 e. The molecule has 3 N–H and O–H groups in total. The molecule has 0 aliphatic rings. The van der Waals surface area contributed by atoms with Crippen molar-refractivity contribution in [1.29, 1.82) is 0 Å². The maximum atomic E-state index is 13.7. The number of nitrogens with two attached hydrogens (primary N) is 1. The molecule has 2 aromatic rings. The number of hydrogen-bond donors (Lipinski definition) is 2. The molecule has 1 atom stereocenters. The summed E-state index contributed by atoms with van der Waals surface area (Å²) in [6, 6.07) is 10.0. The number of amides is 1. The number of halogens is 2. The third-order valence-corrected chi connectivity index (χ3v) is 3.30. The van der Waals surface area contributed by atoms with E-state index in [1.807, 2.05) is 0 Å². The van der Waals surface area contributed by atoms with Crippen LogP contribution in [0.3, 0.4) is 0 Å². The Kier molecular flexibility index (Phi) is 4.65. The summed E-state index contributed by atoms with van der Waals surface area (Å²) in [6.45, 7) is 1.96. The highest BCUT2D eigenvalue weighted by molar-refractivity contribution is 5.92. The van der Waals surface area contributed by atoms with Gasteiger partial charge in [0.25, 0.3) is 0 Å². The molecule has 0 bridgehead atoms. The standard InChI is InChI=1S/C16H16F2N2O/c1-10(13-4-2-3-5-15(13)18)20-9-12-8-11(16(19)21)6-7-14(12)17/h2-8,10,20H,9H2,1H3,(H2,19,21)/t10-/m1/s1. The molecule has 5 heteroatoms. The Hall–Kier alpha value is -2.27. The van der Waals surface area contributed by atoms with E-state index in [9.17, 15) is 13.6 Å². The van der Waals surface area contributed by atoms with Crippen LogP contribution in [0.4, 0.5) is 8.78 Å². The van der Waals surface area contributed by atoms with Crippen LogP contribution in [0.15, 0.2) is 42.5 Å². The summed E-state index contributed by atoms with van der Waals surface area (Å²) in [5.74, 6) is -1.37. The van der Waals surface area contributed by atoms with Crippen LogP contribution in [0.2, 0.25) is 0 Å². The molecule has 0 radical (unpaired) electrons. The summed E-state index contributed by atoms with van der Waals surface area (Å²) >= 11 is 0. The van der Waals surface area contributed by atoms with Crippen molar-refractivity contribution in [3.05, 3.63) is 70.8 Å². The fraction of sp³-hybridized carbons (Fsp3) is 0.188. The highest BCUT2D eigenvalue weighted by Crippen LogP contribution is 2.17. The number of benzene rings is 2. The Morgan fingerprint density at radius 2 is 1.90 bits per heavy atom. The molecule has 110 valence electrons. The number of nitrogens with one attached hydrogen (secondary N) is 1. The van der Waals surface area contributed by atoms with Gasteiger partial charge in [0.05, 0.1) is 0 Å². The van der Waals surface area contributed by atoms with Gasteiger partial charge in [0.15, 0.2) is 0 Å². The van der Waals surface area contributed by atoms with Crippen molar-refractivity contribution in [2.24, 2.45) is 5.73 Å². The number of carbonyl (C=O) groups is 1. The van der Waals surface area contributed by atoms with E-state index in [1.165, 1.54) is 24.3 Å². The average Bonchev–Trinajstić information content (AvgIpc) is 2.46. The van der Waals surface area contributed by atoms with Crippen molar-refractivity contribution in [3.8, 4) is 0 Å². The van der Waals surface area contributed by atoms with E-state index in [1.54, 1.807) is 25.1 Å². The lowest BCUT2D eigenvalue weighted by Gasteiger charge is -2.15. The Balaban J connectivity index is 2.11. The Morgan fingerprint density at radius 3 is 2.57 bits per heavy atom. The third-order valence-electron chi connectivity index (χ3n) is 3.30. The fourth-order valence-electron chi connectivity index (χ4n) is 2.06. The third kappa shape index (κ3) is 3.64. The van der Waals surface area contributed by atoms with Crippen molar-refractivity contribution in [3.63, 3.8) is 0 Å². The Labute approximate surface area is 121 Å². The summed E-state index contributed by atoms with van der Waals surface area (Å²) in [4.78, 5) is 11.1. The minimum atomic E-state index is -0.613. The van der Waals surface area contributed by atoms with Gasteiger partial charge in [-0.25, -0.2) is 8.78 Å². The molecule has 0 fully saturated rings. The van der Waals surface area contributed by atoms with Crippen LogP contribution < -0.4 is 11.1 Å². The maximum absolute atomic E-state index is 13.7. The van der Waals surface area contributed by atoms with Crippen molar-refractivity contribution in [1.82, 2.24) is 5.32 Å². The van der Waals surface area contributed by atoms with Gasteiger partial charge < -0.3 is 11.1 Å². The van der Waals surface area contributed by atoms with E-state index in [-0.39, 0.29) is 24.0 Å². The zero-order valence-electron chi connectivity index (χ0n) is 11.6. The lowest BCUT2D eigenvalue weighted by Crippen LogP contribution is -2.20. The highest BCUT2D eigenvalue weighted by Gasteiger charge is 2.12. The van der Waals surface area contributed by atoms with Crippen LogP contribution in [-0.2, 0) is 6.54 Å². The average molecular weight is 290 g/mol. The summed E-state index contributed by atoms with van der Waals surface area (Å²) in [6.07, 6.45) is 0. The molecular formula is C16H16F2N2O. The summed E-state index contributed by atoms with van der Waals surface area (Å²) in [5.41, 5.74) is 6.23. The molecule has 3 nitrogen and oxygen atoms in total. The van der Waals surface area contributed by atoms with Gasteiger partial charge in [-0.15, -0.1) is 0 Å². The zero-order valence-corrected chi connectivity index (χ0v) is 11.6. The monoisotopic (exact) mass is 290 g/mol. The normalized spacial score (nSPS) is 12.1. The number of primary amides is 1. The molecule has 0 unspecified atom stereocenters. The second-order valence-corrected chi connectivity index (χ2v) is 4.79. The van der Waals surface area contributed by atoms with Crippen molar-refractivity contribution < 1.29 is 13.6 Å². The van der Waals surface area contributed by atoms with E-state index in [4.69, 9.17) is 5.73 Å². The molecule has 1 amide bonds. The predicted octanol–water partition coefficient (Wildman–Crippen LogP) is 2.91. The number of hydrogen-bond acceptors (Lipinski definition) is 2. The van der Waals surface area contributed by atoms with E-state index >= 15 is 0 Å². The topological polar surface area (TPSA) is 55.1 Å². The summed E-state index contributed by atoms with van der Waals surface area (Å²) in [7, 11) is 0. The lowest BCUT2D eigenvalue weighted by molar-refractivity contribution is 0.1000. The first kappa shape index (κ1) is 15.1. The molecule has 0 saturated heterocycles. The first-order valence-electron chi connectivity index (χ1n) is 6.55. The number of rotatable bonds is 5. The van der Waals surface area contributed by atoms with E-state index < -0.39 is 11.7 Å². The summed E-state index contributed by atoms with van der Waals surface area (Å²) in [5, 5.41) is 3.03. The van der Waals surface area contributed by atoms with Crippen molar-refractivity contribution in [2.75, 3.05) is 0 Å². The van der Waals surface area contributed by atoms with Crippen LogP contribution >= 0.6 is 0 Å². The Morgan fingerprint density at radius 1 is 1.19 bits per heavy atom. The van der Waals surface area contributed by atoms with Gasteiger partial charge in [0.2, 0.25) is 5.91 Å². The summed E-state index contributed by atoms with van der Waals surface area (Å²) < 4.78 is 27.3. The van der Waals surface area contributed by atoms with Gasteiger partial charge in [-0.2, -0.15) is 0 Å². The van der Waals surface area contributed by atoms with Crippen LogP contribution in [0.5, 0.6) is 0 Å². The molecule has 0 aliphatic carbocycles. The first-order chi connectivity index (χ1) is 9.99. The van der Waals surface area contributed by atoms with E-state index in [0.717, 1.165) is 0 Å². The highest BCUT2D eigenvalue weighted by atomic mass is 19.1. The lowest BCUT2D eigenvalue weighted by atomic mass is 10.1. The zero-order chi connectivity index (χ0) is 15.4. The molecule has 21 heavy (non-hydrogen) atoms. The van der Waals surface area contributed by atoms with Gasteiger partial charge >= 0.3 is 0 Å². The van der Waals surface area contributed by atoms with Crippen LogP contribution in [0.1, 0.15) is 34.5 Å². The van der Waals surface area contributed by atoms with Crippen molar-refractivity contribution in [2.45, 2.75) is 19.5 Å². The predicted molar refractivity (Wildman–Crippen MR) is 76.6 cm³/mol. The molecule has 0 aliphatic heterocycles. The molecule has 0 aromatic heterocycles. The van der Waals surface area contributed by atoms with Crippen LogP contribution in [0, 0.1) is 11.6 Å². The van der Waals surface area contributed by atoms with E-state index in [0.29, 0.717) is 11.1 Å². The smallest absolute Gasteiger partial charge is 0.248 e. The number of carbonyl (C=O) groups excluding carboxylic acids is 1. The van der Waals surface area contributed by atoms with E-state index in [2.05, 4.69) is 5.32 Å². The van der Waals surface area contributed by atoms with Gasteiger partial charge in [-0.1, -0.05) is 18.2 Å². The first-order valence-corrected chi connectivity index (χ1v) is 6.55. The second kappa shape index (κ2) is 6.45. The van der Waals surface area contributed by atoms with Gasteiger partial charge in [-0.3, -0.25) is 4.79 Å². The van der Waals surface area contributed by atoms with Crippen molar-refractivity contribution >= 4 is 5.91 Å². The van der Waals surface area contributed by atoms with Crippen LogP contribution in [-0.4, -0.2) is 5.91 Å². The van der Waals surface area contributed by atoms with Crippen LogP contribution in [0.25, 0.3) is 0 Å². The minimum Gasteiger partial charge on any atom is -0.366 e. The van der Waals surface area contributed by atoms with Gasteiger partial charge in [0, 0.05) is 29.3 Å². The fourth-order valence-corrected chi connectivity index (χ4v) is 2.06. The molecule has 0 heterocycles. The molecule has 0 spiro atoms. The second-order valence-electron chi connectivity index (χ2n) is 4.79. The minimum absolute atomic E-state index is 0.169. The molecule has 0 saturated carbocycles. The van der Waals surface area contributed by atoms with Gasteiger partial charge in [0.1, 0.15) is 11.6 Å². The van der Waals surface area contributed by atoms with Gasteiger partial charge in [-0.05, 0) is 31.2 Å². The molecular weight excluding hydrogens is 274 g/mol. The molecule has 2 rings (SSSR count). The quantitative estimate of drug-likeness (QED) is 0.889. The maximum Gasteiger partial charge on any atom is 0.248 e. The SMILES string of the molecule is C[C@@H](NCc1cc(C(N)=O)ccc1F)c1ccccc1F. The molecule has 2 aromatic carbocycles. The Bertz CT molecular complexity index is 658.